The zero-order chi connectivity index (χ0) is 24.3. The Morgan fingerprint density at radius 1 is 1.00 bits per heavy atom. The Balaban J connectivity index is 1.58. The first kappa shape index (κ1) is 24.7. The van der Waals surface area contributed by atoms with Crippen molar-refractivity contribution in [3.05, 3.63) is 94.3 Å². The number of ether oxygens (including phenoxy) is 2. The molecular formula is C25H23ClFN3O4. The number of rotatable bonds is 9. The minimum atomic E-state index is -0.890. The second-order valence-electron chi connectivity index (χ2n) is 7.00. The van der Waals surface area contributed by atoms with Gasteiger partial charge in [0.2, 0.25) is 0 Å². The molecule has 0 saturated heterocycles. The lowest BCUT2D eigenvalue weighted by Gasteiger charge is -2.13. The van der Waals surface area contributed by atoms with Crippen molar-refractivity contribution < 1.29 is 23.5 Å². The van der Waals surface area contributed by atoms with Crippen molar-refractivity contribution in [2.45, 2.75) is 20.1 Å². The van der Waals surface area contributed by atoms with Gasteiger partial charge >= 0.3 is 11.8 Å². The summed E-state index contributed by atoms with van der Waals surface area (Å²) in [6.45, 7) is 2.34. The van der Waals surface area contributed by atoms with E-state index in [-0.39, 0.29) is 23.7 Å². The molecule has 176 valence electrons. The molecule has 3 aromatic rings. The average molecular weight is 484 g/mol. The minimum Gasteiger partial charge on any atom is -0.490 e. The van der Waals surface area contributed by atoms with Gasteiger partial charge in [-0.05, 0) is 48.4 Å². The summed E-state index contributed by atoms with van der Waals surface area (Å²) in [4.78, 5) is 23.8. The normalized spacial score (nSPS) is 10.7. The Hall–Kier alpha value is -3.91. The van der Waals surface area contributed by atoms with Gasteiger partial charge < -0.3 is 14.8 Å². The van der Waals surface area contributed by atoms with Crippen molar-refractivity contribution in [1.29, 1.82) is 0 Å². The Labute approximate surface area is 201 Å². The van der Waals surface area contributed by atoms with Crippen molar-refractivity contribution in [3.8, 4) is 11.5 Å². The fourth-order valence-electron chi connectivity index (χ4n) is 2.89. The van der Waals surface area contributed by atoms with Crippen LogP contribution in [-0.4, -0.2) is 24.6 Å². The molecule has 0 bridgehead atoms. The van der Waals surface area contributed by atoms with Gasteiger partial charge in [-0.15, -0.1) is 0 Å². The number of halogens is 2. The summed E-state index contributed by atoms with van der Waals surface area (Å²) in [6, 6.07) is 18.6. The Bertz CT molecular complexity index is 1150. The van der Waals surface area contributed by atoms with E-state index >= 15 is 0 Å². The smallest absolute Gasteiger partial charge is 0.329 e. The van der Waals surface area contributed by atoms with Crippen molar-refractivity contribution in [3.63, 3.8) is 0 Å². The Kier molecular flexibility index (Phi) is 8.99. The van der Waals surface area contributed by atoms with E-state index in [0.29, 0.717) is 23.7 Å². The van der Waals surface area contributed by atoms with Gasteiger partial charge in [-0.2, -0.15) is 5.10 Å². The molecule has 0 spiro atoms. The molecule has 3 aromatic carbocycles. The van der Waals surface area contributed by atoms with Gasteiger partial charge in [0.15, 0.2) is 11.5 Å². The first-order valence-electron chi connectivity index (χ1n) is 10.5. The third kappa shape index (κ3) is 7.05. The quantitative estimate of drug-likeness (QED) is 0.271. The maximum absolute atomic E-state index is 14.0. The molecule has 0 saturated carbocycles. The van der Waals surface area contributed by atoms with Crippen LogP contribution in [0.15, 0.2) is 71.8 Å². The van der Waals surface area contributed by atoms with E-state index in [0.717, 1.165) is 5.56 Å². The molecule has 0 aliphatic carbocycles. The minimum absolute atomic E-state index is 0.0762. The van der Waals surface area contributed by atoms with Crippen LogP contribution >= 0.6 is 11.6 Å². The molecule has 0 fully saturated rings. The summed E-state index contributed by atoms with van der Waals surface area (Å²) in [5.74, 6) is -1.35. The van der Waals surface area contributed by atoms with Crippen LogP contribution in [0.3, 0.4) is 0 Å². The molecule has 7 nitrogen and oxygen atoms in total. The van der Waals surface area contributed by atoms with Crippen LogP contribution in [-0.2, 0) is 22.7 Å². The maximum Gasteiger partial charge on any atom is 0.329 e. The van der Waals surface area contributed by atoms with Crippen LogP contribution in [0.4, 0.5) is 4.39 Å². The van der Waals surface area contributed by atoms with Crippen molar-refractivity contribution in [2.75, 3.05) is 6.61 Å². The summed E-state index contributed by atoms with van der Waals surface area (Å²) in [7, 11) is 0. The zero-order valence-corrected chi connectivity index (χ0v) is 19.1. The Morgan fingerprint density at radius 2 is 1.79 bits per heavy atom. The number of hydrogen-bond donors (Lipinski definition) is 2. The average Bonchev–Trinajstić information content (AvgIpc) is 2.84. The van der Waals surface area contributed by atoms with Gasteiger partial charge in [0.05, 0.1) is 17.8 Å². The van der Waals surface area contributed by atoms with E-state index < -0.39 is 17.6 Å². The molecule has 0 aliphatic heterocycles. The zero-order valence-electron chi connectivity index (χ0n) is 18.4. The second kappa shape index (κ2) is 12.4. The highest BCUT2D eigenvalue weighted by atomic mass is 35.5. The molecule has 0 radical (unpaired) electrons. The predicted molar refractivity (Wildman–Crippen MR) is 127 cm³/mol. The van der Waals surface area contributed by atoms with Crippen LogP contribution < -0.4 is 20.2 Å². The monoisotopic (exact) mass is 483 g/mol. The summed E-state index contributed by atoms with van der Waals surface area (Å²) in [5, 5.41) is 6.60. The molecule has 34 heavy (non-hydrogen) atoms. The van der Waals surface area contributed by atoms with Crippen molar-refractivity contribution in [1.82, 2.24) is 10.7 Å². The molecule has 0 heterocycles. The predicted octanol–water partition coefficient (Wildman–Crippen LogP) is 4.22. The van der Waals surface area contributed by atoms with Gasteiger partial charge in [0, 0.05) is 12.1 Å². The molecule has 0 aromatic heterocycles. The number of nitrogens with one attached hydrogen (secondary N) is 2. The van der Waals surface area contributed by atoms with Crippen LogP contribution in [0.2, 0.25) is 5.02 Å². The summed E-state index contributed by atoms with van der Waals surface area (Å²) < 4.78 is 25.3. The van der Waals surface area contributed by atoms with E-state index in [1.54, 1.807) is 24.3 Å². The highest BCUT2D eigenvalue weighted by Gasteiger charge is 2.13. The number of carbonyl (C=O) groups is 2. The third-order valence-corrected chi connectivity index (χ3v) is 4.94. The number of carbonyl (C=O) groups excluding carboxylic acids is 2. The number of hydrazone groups is 1. The molecule has 0 aliphatic rings. The molecular weight excluding hydrogens is 461 g/mol. The highest BCUT2D eigenvalue weighted by Crippen LogP contribution is 2.30. The van der Waals surface area contributed by atoms with Gasteiger partial charge in [-0.25, -0.2) is 9.82 Å². The van der Waals surface area contributed by atoms with E-state index in [1.807, 2.05) is 37.3 Å². The van der Waals surface area contributed by atoms with Crippen molar-refractivity contribution in [2.24, 2.45) is 5.10 Å². The lowest BCUT2D eigenvalue weighted by atomic mass is 10.2. The highest BCUT2D eigenvalue weighted by molar-refractivity contribution is 6.35. The summed E-state index contributed by atoms with van der Waals surface area (Å²) in [6.07, 6.45) is 1.36. The third-order valence-electron chi connectivity index (χ3n) is 4.58. The van der Waals surface area contributed by atoms with Crippen LogP contribution in [0.25, 0.3) is 0 Å². The fraction of sp³-hybridized carbons (Fsp3) is 0.160. The molecule has 2 N–H and O–H groups in total. The van der Waals surface area contributed by atoms with Crippen LogP contribution in [0, 0.1) is 5.82 Å². The number of hydrogen-bond acceptors (Lipinski definition) is 5. The molecule has 9 heteroatoms. The van der Waals surface area contributed by atoms with E-state index in [2.05, 4.69) is 15.8 Å². The topological polar surface area (TPSA) is 89.0 Å². The first-order valence-corrected chi connectivity index (χ1v) is 10.8. The van der Waals surface area contributed by atoms with Crippen molar-refractivity contribution >= 4 is 29.6 Å². The molecule has 3 rings (SSSR count). The Morgan fingerprint density at radius 3 is 2.53 bits per heavy atom. The lowest BCUT2D eigenvalue weighted by Crippen LogP contribution is -2.37. The van der Waals surface area contributed by atoms with E-state index in [1.165, 1.54) is 18.3 Å². The van der Waals surface area contributed by atoms with Gasteiger partial charge in [-0.1, -0.05) is 48.0 Å². The number of amides is 2. The number of benzene rings is 3. The van der Waals surface area contributed by atoms with Gasteiger partial charge in [0.1, 0.15) is 12.4 Å². The maximum atomic E-state index is 14.0. The summed E-state index contributed by atoms with van der Waals surface area (Å²) in [5.41, 5.74) is 3.88. The standard InChI is InChI=1S/C25H23ClFN3O4/c1-2-33-23-13-18(11-12-22(23)34-16-19-20(26)9-6-10-21(19)27)15-29-30-25(32)24(31)28-14-17-7-4-3-5-8-17/h3-13,15H,2,14,16H2,1H3,(H,28,31)(H,30,32)/b29-15+. The second-order valence-corrected chi connectivity index (χ2v) is 7.40. The first-order chi connectivity index (χ1) is 16.5. The lowest BCUT2D eigenvalue weighted by molar-refractivity contribution is -0.139. The SMILES string of the molecule is CCOc1cc(/C=N/NC(=O)C(=O)NCc2ccccc2)ccc1OCc1c(F)cccc1Cl. The fourth-order valence-corrected chi connectivity index (χ4v) is 3.10. The molecule has 2 amide bonds. The summed E-state index contributed by atoms with van der Waals surface area (Å²) >= 11 is 6.05. The van der Waals surface area contributed by atoms with E-state index in [9.17, 15) is 14.0 Å². The van der Waals surface area contributed by atoms with Gasteiger partial charge in [-0.3, -0.25) is 9.59 Å². The number of nitrogens with zero attached hydrogens (tertiary/aromatic N) is 1. The molecule has 0 atom stereocenters. The van der Waals surface area contributed by atoms with Crippen LogP contribution in [0.5, 0.6) is 11.5 Å². The largest absolute Gasteiger partial charge is 0.490 e. The van der Waals surface area contributed by atoms with Gasteiger partial charge in [0.25, 0.3) is 0 Å². The van der Waals surface area contributed by atoms with Crippen LogP contribution in [0.1, 0.15) is 23.6 Å². The molecule has 0 unspecified atom stereocenters. The van der Waals surface area contributed by atoms with E-state index in [4.69, 9.17) is 21.1 Å².